The zero-order valence-corrected chi connectivity index (χ0v) is 17.9. The fourth-order valence-corrected chi connectivity index (χ4v) is 8.75. The van der Waals surface area contributed by atoms with Crippen molar-refractivity contribution in [3.63, 3.8) is 0 Å². The van der Waals surface area contributed by atoms with Gasteiger partial charge in [-0.3, -0.25) is 9.13 Å². The molecule has 6 nitrogen and oxygen atoms in total. The first-order valence-corrected chi connectivity index (χ1v) is 12.6. The van der Waals surface area contributed by atoms with Gasteiger partial charge in [0.05, 0.1) is 18.3 Å². The minimum atomic E-state index is -3.50. The van der Waals surface area contributed by atoms with Gasteiger partial charge in [0, 0.05) is 12.8 Å². The van der Waals surface area contributed by atoms with Crippen molar-refractivity contribution in [2.75, 3.05) is 18.7 Å². The van der Waals surface area contributed by atoms with Gasteiger partial charge in [-0.2, -0.15) is 0 Å². The number of aliphatic hydroxyl groups is 1. The lowest BCUT2D eigenvalue weighted by molar-refractivity contribution is 0.144. The van der Waals surface area contributed by atoms with Crippen molar-refractivity contribution in [2.24, 2.45) is 0 Å². The second kappa shape index (κ2) is 11.8. The van der Waals surface area contributed by atoms with E-state index < -0.39 is 15.0 Å². The van der Waals surface area contributed by atoms with Gasteiger partial charge in [-0.1, -0.05) is 12.8 Å². The lowest BCUT2D eigenvalue weighted by Crippen LogP contribution is -2.14. The molecule has 0 aliphatic heterocycles. The Balaban J connectivity index is 5.03. The van der Waals surface area contributed by atoms with E-state index in [2.05, 4.69) is 0 Å². The number of hydrogen-bond donors (Lipinski definition) is 1. The third kappa shape index (κ3) is 11.8. The molecule has 1 N–H and O–H groups in total. The van der Waals surface area contributed by atoms with Crippen molar-refractivity contribution in [3.05, 3.63) is 0 Å². The number of hydrogen-bond acceptors (Lipinski definition) is 6. The Morgan fingerprint density at radius 2 is 1.21 bits per heavy atom. The highest BCUT2D eigenvalue weighted by molar-refractivity contribution is 7.74. The van der Waals surface area contributed by atoms with Crippen LogP contribution in [-0.2, 0) is 22.7 Å². The molecule has 146 valence electrons. The summed E-state index contributed by atoms with van der Waals surface area (Å²) in [4.78, 5) is 0. The molecule has 0 rings (SSSR count). The lowest BCUT2D eigenvalue weighted by Gasteiger charge is -2.28. The minimum absolute atomic E-state index is 0.166. The van der Waals surface area contributed by atoms with Gasteiger partial charge in [0.25, 0.3) is 0 Å². The van der Waals surface area contributed by atoms with Gasteiger partial charge in [-0.05, 0) is 54.4 Å². The Labute approximate surface area is 147 Å². The molecule has 0 aromatic rings. The summed E-state index contributed by atoms with van der Waals surface area (Å²) in [6, 6.07) is 0. The molecule has 0 spiro atoms. The highest BCUT2D eigenvalue weighted by Crippen LogP contribution is 2.65. The van der Waals surface area contributed by atoms with Crippen molar-refractivity contribution in [1.29, 1.82) is 0 Å². The maximum atomic E-state index is 13.2. The molecule has 0 bridgehead atoms. The maximum Gasteiger partial charge on any atom is 0.340 e. The van der Waals surface area contributed by atoms with E-state index >= 15 is 0 Å². The quantitative estimate of drug-likeness (QED) is 0.325. The van der Waals surface area contributed by atoms with E-state index in [9.17, 15) is 9.13 Å². The van der Waals surface area contributed by atoms with E-state index in [1.54, 1.807) is 27.7 Å². The number of rotatable bonds is 14. The van der Waals surface area contributed by atoms with Crippen LogP contribution in [0, 0.1) is 0 Å². The van der Waals surface area contributed by atoms with Gasteiger partial charge in [0.2, 0.25) is 7.37 Å². The lowest BCUT2D eigenvalue weighted by atomic mass is 10.2. The largest absolute Gasteiger partial charge is 0.396 e. The van der Waals surface area contributed by atoms with Crippen LogP contribution in [0.3, 0.4) is 0 Å². The van der Waals surface area contributed by atoms with Crippen LogP contribution in [0.2, 0.25) is 0 Å². The third-order valence-corrected chi connectivity index (χ3v) is 9.34. The molecule has 0 aromatic heterocycles. The van der Waals surface area contributed by atoms with Gasteiger partial charge in [0.15, 0.2) is 0 Å². The monoisotopic (exact) mass is 386 g/mol. The van der Waals surface area contributed by atoms with Crippen LogP contribution in [0.25, 0.3) is 0 Å². The van der Waals surface area contributed by atoms with E-state index in [4.69, 9.17) is 18.7 Å². The zero-order chi connectivity index (χ0) is 18.8. The maximum absolute atomic E-state index is 13.2. The minimum Gasteiger partial charge on any atom is -0.396 e. The highest BCUT2D eigenvalue weighted by atomic mass is 31.2. The molecule has 0 amide bonds. The van der Waals surface area contributed by atoms with Crippen molar-refractivity contribution in [1.82, 2.24) is 0 Å². The van der Waals surface area contributed by atoms with E-state index in [-0.39, 0.29) is 30.8 Å². The van der Waals surface area contributed by atoms with Gasteiger partial charge >= 0.3 is 7.60 Å². The molecule has 1 unspecified atom stereocenters. The Morgan fingerprint density at radius 3 is 1.62 bits per heavy atom. The molecule has 0 radical (unpaired) electrons. The van der Waals surface area contributed by atoms with Crippen LogP contribution < -0.4 is 0 Å². The van der Waals surface area contributed by atoms with Crippen LogP contribution in [-0.4, -0.2) is 42.1 Å². The molecule has 0 fully saturated rings. The smallest absolute Gasteiger partial charge is 0.340 e. The molecule has 8 heteroatoms. The summed E-state index contributed by atoms with van der Waals surface area (Å²) < 4.78 is 43.0. The van der Waals surface area contributed by atoms with Crippen molar-refractivity contribution >= 4 is 15.0 Å². The van der Waals surface area contributed by atoms with E-state index in [0.29, 0.717) is 12.6 Å². The predicted octanol–water partition coefficient (Wildman–Crippen LogP) is 5.24. The van der Waals surface area contributed by atoms with Gasteiger partial charge in [0.1, 0.15) is 5.90 Å². The molecule has 0 aliphatic rings. The molecule has 0 saturated carbocycles. The zero-order valence-electron chi connectivity index (χ0n) is 16.1. The molecule has 0 heterocycles. The summed E-state index contributed by atoms with van der Waals surface area (Å²) in [5.41, 5.74) is 0. The normalized spacial score (nSPS) is 15.4. The molecule has 24 heavy (non-hydrogen) atoms. The standard InChI is InChI=1S/C16H36O6P2/c1-14(2)20-23(18,12-10-8-7-9-11-17)13-24(19,21-15(3)4)22-16(5)6/h14-17H,7-13H2,1-6H3. The highest BCUT2D eigenvalue weighted by Gasteiger charge is 2.39. The summed E-state index contributed by atoms with van der Waals surface area (Å²) in [6.45, 7) is 10.9. The topological polar surface area (TPSA) is 82.1 Å². The van der Waals surface area contributed by atoms with Crippen LogP contribution in [0.15, 0.2) is 0 Å². The SMILES string of the molecule is CC(C)OP(=O)(CCCCCCO)CP(=O)(OC(C)C)OC(C)C. The summed E-state index contributed by atoms with van der Waals surface area (Å²) >= 11 is 0. The van der Waals surface area contributed by atoms with Crippen LogP contribution >= 0.6 is 15.0 Å². The van der Waals surface area contributed by atoms with E-state index in [1.165, 1.54) is 0 Å². The second-order valence-electron chi connectivity index (χ2n) is 6.89. The second-order valence-corrected chi connectivity index (χ2v) is 12.0. The van der Waals surface area contributed by atoms with Crippen LogP contribution in [0.4, 0.5) is 0 Å². The summed E-state index contributed by atoms with van der Waals surface area (Å²) in [6.07, 6.45) is 2.73. The van der Waals surface area contributed by atoms with Crippen LogP contribution in [0.5, 0.6) is 0 Å². The van der Waals surface area contributed by atoms with E-state index in [1.807, 2.05) is 13.8 Å². The number of unbranched alkanes of at least 4 members (excludes halogenated alkanes) is 3. The molecule has 1 atom stereocenters. The van der Waals surface area contributed by atoms with Crippen molar-refractivity contribution in [3.8, 4) is 0 Å². The Bertz CT molecular complexity index is 409. The first kappa shape index (κ1) is 24.3. The summed E-state index contributed by atoms with van der Waals surface area (Å²) in [5.74, 6) is -0.186. The average molecular weight is 386 g/mol. The molecule has 0 aliphatic carbocycles. The molecular formula is C16H36O6P2. The first-order valence-electron chi connectivity index (χ1n) is 8.85. The predicted molar refractivity (Wildman–Crippen MR) is 99.2 cm³/mol. The van der Waals surface area contributed by atoms with Crippen molar-refractivity contribution < 1.29 is 27.8 Å². The van der Waals surface area contributed by atoms with Crippen molar-refractivity contribution in [2.45, 2.75) is 85.5 Å². The molecule has 0 saturated heterocycles. The first-order chi connectivity index (χ1) is 11.0. The molecule has 0 aromatic carbocycles. The Hall–Kier alpha value is 0.300. The summed E-state index contributed by atoms with van der Waals surface area (Å²) in [7, 11) is -6.63. The van der Waals surface area contributed by atoms with Gasteiger partial charge in [-0.25, -0.2) is 0 Å². The van der Waals surface area contributed by atoms with Crippen LogP contribution in [0.1, 0.15) is 67.2 Å². The van der Waals surface area contributed by atoms with Gasteiger partial charge in [-0.15, -0.1) is 0 Å². The fourth-order valence-electron chi connectivity index (χ4n) is 2.36. The third-order valence-electron chi connectivity index (χ3n) is 2.94. The molecular weight excluding hydrogens is 350 g/mol. The van der Waals surface area contributed by atoms with Gasteiger partial charge < -0.3 is 18.7 Å². The fraction of sp³-hybridized carbons (Fsp3) is 1.00. The summed E-state index contributed by atoms with van der Waals surface area (Å²) in [5, 5.41) is 8.82. The number of aliphatic hydroxyl groups excluding tert-OH is 1. The Kier molecular flexibility index (Phi) is 12.0. The van der Waals surface area contributed by atoms with E-state index in [0.717, 1.165) is 19.3 Å². The Morgan fingerprint density at radius 1 is 0.750 bits per heavy atom. The average Bonchev–Trinajstić information content (AvgIpc) is 2.34.